The number of hydrogen-bond acceptors (Lipinski definition) is 2. The fourth-order valence-corrected chi connectivity index (χ4v) is 1.95. The molecule has 0 bridgehead atoms. The van der Waals surface area contributed by atoms with Crippen LogP contribution in [0.15, 0.2) is 48.5 Å². The van der Waals surface area contributed by atoms with Crippen molar-refractivity contribution in [3.05, 3.63) is 65.5 Å². The molecule has 1 unspecified atom stereocenters. The lowest BCUT2D eigenvalue weighted by Gasteiger charge is -2.14. The van der Waals surface area contributed by atoms with Crippen molar-refractivity contribution in [2.45, 2.75) is 12.5 Å². The number of rotatable bonds is 4. The molecule has 0 radical (unpaired) electrons. The second-order valence-electron chi connectivity index (χ2n) is 4.16. The van der Waals surface area contributed by atoms with E-state index in [1.165, 1.54) is 7.11 Å². The van der Waals surface area contributed by atoms with Crippen LogP contribution in [0, 0.1) is 5.82 Å². The Morgan fingerprint density at radius 3 is 2.50 bits per heavy atom. The van der Waals surface area contributed by atoms with E-state index in [0.717, 1.165) is 5.56 Å². The van der Waals surface area contributed by atoms with E-state index in [-0.39, 0.29) is 17.6 Å². The van der Waals surface area contributed by atoms with Gasteiger partial charge in [-0.3, -0.25) is 0 Å². The number of hydrogen-bond donors (Lipinski definition) is 1. The maximum absolute atomic E-state index is 14.0. The minimum Gasteiger partial charge on any atom is -0.494 e. The van der Waals surface area contributed by atoms with E-state index < -0.39 is 0 Å². The van der Waals surface area contributed by atoms with Crippen LogP contribution < -0.4 is 10.5 Å². The second kappa shape index (κ2) is 5.65. The molecule has 2 rings (SSSR count). The van der Waals surface area contributed by atoms with Crippen LogP contribution in [0.4, 0.5) is 4.39 Å². The van der Waals surface area contributed by atoms with Crippen LogP contribution >= 0.6 is 0 Å². The molecule has 0 spiro atoms. The normalized spacial score (nSPS) is 12.2. The van der Waals surface area contributed by atoms with Gasteiger partial charge < -0.3 is 10.5 Å². The first kappa shape index (κ1) is 12.6. The second-order valence-corrected chi connectivity index (χ2v) is 4.16. The number of halogens is 1. The zero-order valence-electron chi connectivity index (χ0n) is 10.3. The molecule has 0 saturated carbocycles. The fourth-order valence-electron chi connectivity index (χ4n) is 1.95. The van der Waals surface area contributed by atoms with Crippen molar-refractivity contribution in [1.29, 1.82) is 0 Å². The van der Waals surface area contributed by atoms with E-state index in [4.69, 9.17) is 10.5 Å². The highest BCUT2D eigenvalue weighted by atomic mass is 19.1. The van der Waals surface area contributed by atoms with Gasteiger partial charge in [0.15, 0.2) is 11.6 Å². The van der Waals surface area contributed by atoms with Crippen molar-refractivity contribution in [2.24, 2.45) is 5.73 Å². The van der Waals surface area contributed by atoms with E-state index in [1.807, 2.05) is 30.3 Å². The molecular formula is C15H16FNO. The minimum absolute atomic E-state index is 0.232. The summed E-state index contributed by atoms with van der Waals surface area (Å²) in [6, 6.07) is 14.5. The summed E-state index contributed by atoms with van der Waals surface area (Å²) < 4.78 is 19.0. The summed E-state index contributed by atoms with van der Waals surface area (Å²) in [5.41, 5.74) is 7.63. The average molecular weight is 245 g/mol. The third-order valence-corrected chi connectivity index (χ3v) is 2.91. The van der Waals surface area contributed by atoms with E-state index in [0.29, 0.717) is 12.0 Å². The lowest BCUT2D eigenvalue weighted by Crippen LogP contribution is -2.15. The van der Waals surface area contributed by atoms with E-state index >= 15 is 0 Å². The highest BCUT2D eigenvalue weighted by Crippen LogP contribution is 2.25. The van der Waals surface area contributed by atoms with Crippen LogP contribution in [0.3, 0.4) is 0 Å². The number of ether oxygens (including phenoxy) is 1. The minimum atomic E-state index is -0.373. The first-order valence-electron chi connectivity index (χ1n) is 5.84. The van der Waals surface area contributed by atoms with Gasteiger partial charge in [-0.25, -0.2) is 4.39 Å². The van der Waals surface area contributed by atoms with Gasteiger partial charge >= 0.3 is 0 Å². The highest BCUT2D eigenvalue weighted by molar-refractivity contribution is 5.33. The van der Waals surface area contributed by atoms with E-state index in [9.17, 15) is 4.39 Å². The van der Waals surface area contributed by atoms with Crippen molar-refractivity contribution in [2.75, 3.05) is 7.11 Å². The summed E-state index contributed by atoms with van der Waals surface area (Å²) in [5, 5.41) is 0. The van der Waals surface area contributed by atoms with Gasteiger partial charge in [-0.1, -0.05) is 42.5 Å². The lowest BCUT2D eigenvalue weighted by molar-refractivity contribution is 0.382. The van der Waals surface area contributed by atoms with Crippen molar-refractivity contribution in [3.63, 3.8) is 0 Å². The Morgan fingerprint density at radius 2 is 1.83 bits per heavy atom. The summed E-state index contributed by atoms with van der Waals surface area (Å²) in [6.07, 6.45) is 0.602. The molecule has 2 aromatic carbocycles. The Morgan fingerprint density at radius 1 is 1.11 bits per heavy atom. The average Bonchev–Trinajstić information content (AvgIpc) is 2.40. The van der Waals surface area contributed by atoms with Crippen LogP contribution in [0.2, 0.25) is 0 Å². The van der Waals surface area contributed by atoms with E-state index in [1.54, 1.807) is 18.2 Å². The lowest BCUT2D eigenvalue weighted by atomic mass is 9.99. The number of benzene rings is 2. The Bertz CT molecular complexity index is 513. The first-order valence-corrected chi connectivity index (χ1v) is 5.84. The van der Waals surface area contributed by atoms with Crippen LogP contribution in [0.1, 0.15) is 17.2 Å². The quantitative estimate of drug-likeness (QED) is 0.898. The Hall–Kier alpha value is -1.87. The molecule has 0 fully saturated rings. The molecule has 3 heteroatoms. The molecule has 0 aliphatic heterocycles. The summed E-state index contributed by atoms with van der Waals surface area (Å²) in [6.45, 7) is 0. The third kappa shape index (κ3) is 2.68. The van der Waals surface area contributed by atoms with Gasteiger partial charge in [0.05, 0.1) is 7.11 Å². The molecule has 2 aromatic rings. The third-order valence-electron chi connectivity index (χ3n) is 2.91. The van der Waals surface area contributed by atoms with Crippen molar-refractivity contribution in [1.82, 2.24) is 0 Å². The largest absolute Gasteiger partial charge is 0.494 e. The molecule has 2 nitrogen and oxygen atoms in total. The smallest absolute Gasteiger partial charge is 0.169 e. The predicted molar refractivity (Wildman–Crippen MR) is 70.0 cm³/mol. The van der Waals surface area contributed by atoms with Crippen molar-refractivity contribution < 1.29 is 9.13 Å². The molecule has 0 heterocycles. The van der Waals surface area contributed by atoms with Crippen LogP contribution in [-0.2, 0) is 6.42 Å². The topological polar surface area (TPSA) is 35.2 Å². The maximum atomic E-state index is 14.0. The Kier molecular flexibility index (Phi) is 3.95. The van der Waals surface area contributed by atoms with E-state index in [2.05, 4.69) is 0 Å². The number of methoxy groups -OCH3 is 1. The predicted octanol–water partition coefficient (Wildman–Crippen LogP) is 3.08. The summed E-state index contributed by atoms with van der Waals surface area (Å²) in [5.74, 6) is -0.139. The van der Waals surface area contributed by atoms with Gasteiger partial charge in [0.2, 0.25) is 0 Å². The zero-order valence-corrected chi connectivity index (χ0v) is 10.3. The van der Waals surface area contributed by atoms with Gasteiger partial charge in [-0.05, 0) is 18.1 Å². The van der Waals surface area contributed by atoms with Gasteiger partial charge in [0, 0.05) is 11.6 Å². The van der Waals surface area contributed by atoms with Gasteiger partial charge in [-0.15, -0.1) is 0 Å². The van der Waals surface area contributed by atoms with Crippen LogP contribution in [-0.4, -0.2) is 7.11 Å². The zero-order chi connectivity index (χ0) is 13.0. The van der Waals surface area contributed by atoms with Crippen LogP contribution in [0.25, 0.3) is 0 Å². The molecular weight excluding hydrogens is 229 g/mol. The van der Waals surface area contributed by atoms with Gasteiger partial charge in [0.25, 0.3) is 0 Å². The monoisotopic (exact) mass is 245 g/mol. The summed E-state index contributed by atoms with van der Waals surface area (Å²) >= 11 is 0. The highest BCUT2D eigenvalue weighted by Gasteiger charge is 2.15. The molecule has 0 aliphatic rings. The molecule has 94 valence electrons. The number of nitrogens with two attached hydrogens (primary N) is 1. The Labute approximate surface area is 106 Å². The molecule has 0 amide bonds. The van der Waals surface area contributed by atoms with Crippen molar-refractivity contribution >= 4 is 0 Å². The maximum Gasteiger partial charge on any atom is 0.169 e. The Balaban J connectivity index is 2.21. The molecule has 0 saturated heterocycles. The first-order chi connectivity index (χ1) is 8.72. The molecule has 1 atom stereocenters. The van der Waals surface area contributed by atoms with Gasteiger partial charge in [0.1, 0.15) is 0 Å². The molecule has 0 aromatic heterocycles. The molecule has 2 N–H and O–H groups in total. The fraction of sp³-hybridized carbons (Fsp3) is 0.200. The SMILES string of the molecule is COc1cccc(C(N)Cc2ccccc2)c1F. The standard InChI is InChI=1S/C15H16FNO/c1-18-14-9-5-8-12(15(14)16)13(17)10-11-6-3-2-4-7-11/h2-9,13H,10,17H2,1H3. The van der Waals surface area contributed by atoms with Gasteiger partial charge in [-0.2, -0.15) is 0 Å². The summed E-state index contributed by atoms with van der Waals surface area (Å²) in [7, 11) is 1.45. The van der Waals surface area contributed by atoms with Crippen molar-refractivity contribution in [3.8, 4) is 5.75 Å². The molecule has 0 aliphatic carbocycles. The summed E-state index contributed by atoms with van der Waals surface area (Å²) in [4.78, 5) is 0. The van der Waals surface area contributed by atoms with Crippen LogP contribution in [0.5, 0.6) is 5.75 Å². The molecule has 18 heavy (non-hydrogen) atoms.